The SMILES string of the molecule is CNc1cccc(C(c2ccc(Br)s2)N(C)C)c1. The number of halogens is 1. The molecule has 1 heterocycles. The van der Waals surface area contributed by atoms with Crippen LogP contribution in [0.15, 0.2) is 40.2 Å². The molecule has 0 bridgehead atoms. The first kappa shape index (κ1) is 13.6. The molecule has 1 N–H and O–H groups in total. The molecule has 2 nitrogen and oxygen atoms in total. The van der Waals surface area contributed by atoms with Gasteiger partial charge in [-0.25, -0.2) is 0 Å². The van der Waals surface area contributed by atoms with Crippen LogP contribution in [-0.2, 0) is 0 Å². The van der Waals surface area contributed by atoms with Crippen LogP contribution in [0, 0.1) is 0 Å². The second-order valence-electron chi connectivity index (χ2n) is 4.38. The lowest BCUT2D eigenvalue weighted by Gasteiger charge is -2.24. The topological polar surface area (TPSA) is 15.3 Å². The summed E-state index contributed by atoms with van der Waals surface area (Å²) >= 11 is 5.32. The zero-order valence-electron chi connectivity index (χ0n) is 10.8. The number of rotatable bonds is 4. The molecular formula is C14H17BrN2S. The van der Waals surface area contributed by atoms with E-state index in [1.807, 2.05) is 7.05 Å². The van der Waals surface area contributed by atoms with Crippen molar-refractivity contribution in [1.82, 2.24) is 4.90 Å². The molecule has 0 amide bonds. The number of nitrogens with one attached hydrogen (secondary N) is 1. The molecule has 18 heavy (non-hydrogen) atoms. The van der Waals surface area contributed by atoms with E-state index in [0.29, 0.717) is 6.04 Å². The predicted molar refractivity (Wildman–Crippen MR) is 83.5 cm³/mol. The molecule has 0 aliphatic heterocycles. The number of benzene rings is 1. The molecule has 1 aromatic heterocycles. The highest BCUT2D eigenvalue weighted by molar-refractivity contribution is 9.11. The van der Waals surface area contributed by atoms with Crippen molar-refractivity contribution in [2.75, 3.05) is 26.5 Å². The van der Waals surface area contributed by atoms with Crippen LogP contribution in [0.1, 0.15) is 16.5 Å². The Hall–Kier alpha value is -0.840. The van der Waals surface area contributed by atoms with E-state index in [1.165, 1.54) is 14.2 Å². The van der Waals surface area contributed by atoms with Crippen molar-refractivity contribution >= 4 is 33.0 Å². The first-order chi connectivity index (χ1) is 8.61. The molecule has 0 spiro atoms. The van der Waals surface area contributed by atoms with Crippen LogP contribution in [0.25, 0.3) is 0 Å². The maximum Gasteiger partial charge on any atom is 0.0702 e. The van der Waals surface area contributed by atoms with Crippen LogP contribution in [0.3, 0.4) is 0 Å². The van der Waals surface area contributed by atoms with Crippen LogP contribution in [0.4, 0.5) is 5.69 Å². The quantitative estimate of drug-likeness (QED) is 0.906. The van der Waals surface area contributed by atoms with Gasteiger partial charge in [-0.15, -0.1) is 11.3 Å². The van der Waals surface area contributed by atoms with Crippen molar-refractivity contribution in [2.24, 2.45) is 0 Å². The van der Waals surface area contributed by atoms with E-state index < -0.39 is 0 Å². The molecule has 0 aliphatic carbocycles. The first-order valence-electron chi connectivity index (χ1n) is 5.81. The Bertz CT molecular complexity index is 522. The summed E-state index contributed by atoms with van der Waals surface area (Å²) in [7, 11) is 6.18. The molecule has 0 saturated heterocycles. The average molecular weight is 325 g/mol. The number of nitrogens with zero attached hydrogens (tertiary/aromatic N) is 1. The molecule has 0 radical (unpaired) electrons. The summed E-state index contributed by atoms with van der Waals surface area (Å²) in [6.07, 6.45) is 0. The lowest BCUT2D eigenvalue weighted by Crippen LogP contribution is -2.20. The van der Waals surface area contributed by atoms with Gasteiger partial charge in [0.25, 0.3) is 0 Å². The van der Waals surface area contributed by atoms with Crippen molar-refractivity contribution in [3.63, 3.8) is 0 Å². The highest BCUT2D eigenvalue weighted by Crippen LogP contribution is 2.34. The minimum atomic E-state index is 0.301. The van der Waals surface area contributed by atoms with Gasteiger partial charge >= 0.3 is 0 Å². The van der Waals surface area contributed by atoms with Gasteiger partial charge in [0.1, 0.15) is 0 Å². The summed E-state index contributed by atoms with van der Waals surface area (Å²) in [6.45, 7) is 0. The summed E-state index contributed by atoms with van der Waals surface area (Å²) in [4.78, 5) is 3.59. The van der Waals surface area contributed by atoms with Crippen LogP contribution in [0.2, 0.25) is 0 Å². The van der Waals surface area contributed by atoms with Gasteiger partial charge in [-0.1, -0.05) is 12.1 Å². The Balaban J connectivity index is 2.41. The summed E-state index contributed by atoms with van der Waals surface area (Å²) in [6, 6.07) is 13.2. The maximum absolute atomic E-state index is 3.54. The lowest BCUT2D eigenvalue weighted by molar-refractivity contribution is 0.346. The molecule has 0 saturated carbocycles. The van der Waals surface area contributed by atoms with E-state index in [0.717, 1.165) is 5.69 Å². The third-order valence-electron chi connectivity index (χ3n) is 2.87. The third-order valence-corrected chi connectivity index (χ3v) is 4.55. The number of hydrogen-bond donors (Lipinski definition) is 1. The third kappa shape index (κ3) is 2.94. The summed E-state index contributed by atoms with van der Waals surface area (Å²) in [5, 5.41) is 3.19. The number of thiophene rings is 1. The molecule has 96 valence electrons. The van der Waals surface area contributed by atoms with E-state index in [4.69, 9.17) is 0 Å². The van der Waals surface area contributed by atoms with Gasteiger partial charge in [-0.3, -0.25) is 4.90 Å². The van der Waals surface area contributed by atoms with Crippen LogP contribution < -0.4 is 5.32 Å². The highest BCUT2D eigenvalue weighted by Gasteiger charge is 2.18. The van der Waals surface area contributed by atoms with E-state index >= 15 is 0 Å². The molecule has 1 aromatic carbocycles. The Morgan fingerprint density at radius 3 is 2.56 bits per heavy atom. The van der Waals surface area contributed by atoms with E-state index in [-0.39, 0.29) is 0 Å². The Kier molecular flexibility index (Phi) is 4.43. The van der Waals surface area contributed by atoms with Crippen LogP contribution in [-0.4, -0.2) is 26.0 Å². The smallest absolute Gasteiger partial charge is 0.0702 e. The largest absolute Gasteiger partial charge is 0.388 e. The fourth-order valence-electron chi connectivity index (χ4n) is 2.06. The summed E-state index contributed by atoms with van der Waals surface area (Å²) in [5.41, 5.74) is 2.45. The van der Waals surface area contributed by atoms with Gasteiger partial charge in [0.2, 0.25) is 0 Å². The molecule has 2 rings (SSSR count). The van der Waals surface area contributed by atoms with E-state index in [1.54, 1.807) is 11.3 Å². The summed E-state index contributed by atoms with van der Waals surface area (Å²) in [5.74, 6) is 0. The van der Waals surface area contributed by atoms with Gasteiger partial charge in [-0.2, -0.15) is 0 Å². The van der Waals surface area contributed by atoms with Crippen LogP contribution >= 0.6 is 27.3 Å². The molecular weight excluding hydrogens is 308 g/mol. The number of anilines is 1. The lowest BCUT2D eigenvalue weighted by atomic mass is 10.0. The number of hydrogen-bond acceptors (Lipinski definition) is 3. The zero-order valence-corrected chi connectivity index (χ0v) is 13.2. The van der Waals surface area contributed by atoms with Gasteiger partial charge in [0, 0.05) is 17.6 Å². The normalized spacial score (nSPS) is 12.7. The van der Waals surface area contributed by atoms with Gasteiger partial charge < -0.3 is 5.32 Å². The minimum absolute atomic E-state index is 0.301. The molecule has 4 heteroatoms. The standard InChI is InChI=1S/C14H17BrN2S/c1-16-11-6-4-5-10(9-11)14(17(2)3)12-7-8-13(15)18-12/h4-9,14,16H,1-3H3. The Morgan fingerprint density at radius 2 is 2.00 bits per heavy atom. The molecule has 1 atom stereocenters. The van der Waals surface area contributed by atoms with E-state index in [2.05, 4.69) is 76.6 Å². The van der Waals surface area contributed by atoms with Crippen molar-refractivity contribution < 1.29 is 0 Å². The first-order valence-corrected chi connectivity index (χ1v) is 7.42. The summed E-state index contributed by atoms with van der Waals surface area (Å²) < 4.78 is 1.18. The average Bonchev–Trinajstić information content (AvgIpc) is 2.75. The fourth-order valence-corrected chi connectivity index (χ4v) is 3.71. The van der Waals surface area contributed by atoms with Crippen molar-refractivity contribution in [1.29, 1.82) is 0 Å². The highest BCUT2D eigenvalue weighted by atomic mass is 79.9. The van der Waals surface area contributed by atoms with Gasteiger partial charge in [0.15, 0.2) is 0 Å². The zero-order chi connectivity index (χ0) is 13.1. The molecule has 0 aliphatic rings. The molecule has 0 fully saturated rings. The maximum atomic E-state index is 3.54. The molecule has 1 unspecified atom stereocenters. The second kappa shape index (κ2) is 5.87. The fraction of sp³-hybridized carbons (Fsp3) is 0.286. The Labute approximate surface area is 121 Å². The Morgan fingerprint density at radius 1 is 1.22 bits per heavy atom. The van der Waals surface area contributed by atoms with E-state index in [9.17, 15) is 0 Å². The predicted octanol–water partition coefficient (Wildman–Crippen LogP) is 4.20. The molecule has 2 aromatic rings. The minimum Gasteiger partial charge on any atom is -0.388 e. The van der Waals surface area contributed by atoms with Crippen molar-refractivity contribution in [3.8, 4) is 0 Å². The van der Waals surface area contributed by atoms with Gasteiger partial charge in [-0.05, 0) is 59.9 Å². The van der Waals surface area contributed by atoms with Crippen molar-refractivity contribution in [3.05, 3.63) is 50.6 Å². The monoisotopic (exact) mass is 324 g/mol. The van der Waals surface area contributed by atoms with Crippen molar-refractivity contribution in [2.45, 2.75) is 6.04 Å². The van der Waals surface area contributed by atoms with Crippen LogP contribution in [0.5, 0.6) is 0 Å². The van der Waals surface area contributed by atoms with Gasteiger partial charge in [0.05, 0.1) is 9.83 Å². The second-order valence-corrected chi connectivity index (χ2v) is 6.88.